The second-order valence-electron chi connectivity index (χ2n) is 4.30. The van der Waals surface area contributed by atoms with Crippen molar-refractivity contribution in [3.8, 4) is 5.75 Å². The van der Waals surface area contributed by atoms with Gasteiger partial charge < -0.3 is 4.74 Å². The van der Waals surface area contributed by atoms with E-state index in [4.69, 9.17) is 16.3 Å². The lowest BCUT2D eigenvalue weighted by atomic mass is 10.3. The first-order valence-electron chi connectivity index (χ1n) is 5.99. The number of aromatic nitrogens is 2. The zero-order chi connectivity index (χ0) is 14.1. The number of benzene rings is 1. The van der Waals surface area contributed by atoms with Gasteiger partial charge in [-0.3, -0.25) is 9.20 Å². The number of fused-ring (bicyclic) bond motifs is 1. The van der Waals surface area contributed by atoms with Crippen LogP contribution in [0.15, 0.2) is 40.5 Å². The summed E-state index contributed by atoms with van der Waals surface area (Å²) in [5.41, 5.74) is 1.39. The molecule has 0 spiro atoms. The molecule has 4 nitrogen and oxygen atoms in total. The van der Waals surface area contributed by atoms with Crippen molar-refractivity contribution in [2.24, 2.45) is 0 Å². The average molecular weight is 307 g/mol. The Morgan fingerprint density at radius 3 is 3.00 bits per heavy atom. The molecule has 102 valence electrons. The van der Waals surface area contributed by atoms with Gasteiger partial charge in [0.1, 0.15) is 12.4 Å². The van der Waals surface area contributed by atoms with E-state index in [1.807, 2.05) is 24.4 Å². The molecule has 6 heteroatoms. The van der Waals surface area contributed by atoms with Crippen LogP contribution in [0.5, 0.6) is 5.75 Å². The summed E-state index contributed by atoms with van der Waals surface area (Å²) in [4.78, 5) is 17.1. The molecule has 0 saturated heterocycles. The molecule has 0 N–H and O–H groups in total. The summed E-state index contributed by atoms with van der Waals surface area (Å²) in [7, 11) is 0. The second kappa shape index (κ2) is 5.26. The van der Waals surface area contributed by atoms with E-state index in [0.29, 0.717) is 21.4 Å². The third-order valence-corrected chi connectivity index (χ3v) is 4.10. The lowest BCUT2D eigenvalue weighted by Crippen LogP contribution is -2.15. The van der Waals surface area contributed by atoms with Gasteiger partial charge in [0.2, 0.25) is 0 Å². The molecule has 3 rings (SSSR count). The predicted molar refractivity (Wildman–Crippen MR) is 79.9 cm³/mol. The predicted octanol–water partition coefficient (Wildman–Crippen LogP) is 3.30. The van der Waals surface area contributed by atoms with Gasteiger partial charge in [-0.25, -0.2) is 4.98 Å². The van der Waals surface area contributed by atoms with Gasteiger partial charge in [0.25, 0.3) is 5.56 Å². The Bertz CT molecular complexity index is 825. The number of halogens is 1. The number of hydrogen-bond acceptors (Lipinski definition) is 4. The van der Waals surface area contributed by atoms with Crippen LogP contribution in [0, 0.1) is 6.92 Å². The van der Waals surface area contributed by atoms with Crippen LogP contribution in [-0.4, -0.2) is 9.38 Å². The minimum atomic E-state index is -0.0912. The maximum atomic E-state index is 12.0. The first-order valence-corrected chi connectivity index (χ1v) is 7.25. The van der Waals surface area contributed by atoms with Crippen LogP contribution < -0.4 is 10.3 Å². The van der Waals surface area contributed by atoms with Gasteiger partial charge in [-0.05, 0) is 19.1 Å². The third-order valence-electron chi connectivity index (χ3n) is 2.84. The topological polar surface area (TPSA) is 43.6 Å². The summed E-state index contributed by atoms with van der Waals surface area (Å²) in [6.07, 6.45) is 0. The minimum absolute atomic E-state index is 0.0912. The molecule has 0 atom stereocenters. The maximum absolute atomic E-state index is 12.0. The number of hydrogen-bond donors (Lipinski definition) is 0. The molecule has 0 fully saturated rings. The first-order chi connectivity index (χ1) is 9.65. The summed E-state index contributed by atoms with van der Waals surface area (Å²) in [6.45, 7) is 2.10. The Kier molecular flexibility index (Phi) is 3.46. The van der Waals surface area contributed by atoms with Crippen LogP contribution in [-0.2, 0) is 6.61 Å². The number of aryl methyl sites for hydroxylation is 1. The minimum Gasteiger partial charge on any atom is -0.486 e. The Hall–Kier alpha value is -1.85. The van der Waals surface area contributed by atoms with Crippen molar-refractivity contribution in [2.45, 2.75) is 13.5 Å². The van der Waals surface area contributed by atoms with E-state index in [1.54, 1.807) is 16.5 Å². The van der Waals surface area contributed by atoms with Gasteiger partial charge in [0.15, 0.2) is 4.96 Å². The summed E-state index contributed by atoms with van der Waals surface area (Å²) in [5, 5.41) is 2.44. The summed E-state index contributed by atoms with van der Waals surface area (Å²) in [6, 6.07) is 8.70. The van der Waals surface area contributed by atoms with Gasteiger partial charge in [-0.1, -0.05) is 23.7 Å². The van der Waals surface area contributed by atoms with E-state index in [-0.39, 0.29) is 12.2 Å². The molecule has 0 radical (unpaired) electrons. The van der Waals surface area contributed by atoms with E-state index >= 15 is 0 Å². The number of nitrogens with zero attached hydrogens (tertiary/aromatic N) is 2. The number of rotatable bonds is 3. The summed E-state index contributed by atoms with van der Waals surface area (Å²) >= 11 is 7.45. The fraction of sp³-hybridized carbons (Fsp3) is 0.143. The molecular formula is C14H11ClN2O2S. The molecule has 20 heavy (non-hydrogen) atoms. The van der Waals surface area contributed by atoms with Crippen molar-refractivity contribution in [1.29, 1.82) is 0 Å². The standard InChI is InChI=1S/C14H11ClN2O2S/c1-9-8-20-14-16-10(6-13(18)17(9)14)7-19-12-5-3-2-4-11(12)15/h2-6,8H,7H2,1H3. The highest BCUT2D eigenvalue weighted by molar-refractivity contribution is 7.15. The fourth-order valence-electron chi connectivity index (χ4n) is 1.89. The van der Waals surface area contributed by atoms with E-state index in [1.165, 1.54) is 17.4 Å². The van der Waals surface area contributed by atoms with Crippen LogP contribution >= 0.6 is 22.9 Å². The quantitative estimate of drug-likeness (QED) is 0.746. The maximum Gasteiger partial charge on any atom is 0.259 e. The van der Waals surface area contributed by atoms with E-state index in [2.05, 4.69) is 4.98 Å². The summed E-state index contributed by atoms with van der Waals surface area (Å²) < 4.78 is 7.18. The highest BCUT2D eigenvalue weighted by Crippen LogP contribution is 2.23. The van der Waals surface area contributed by atoms with Crippen molar-refractivity contribution >= 4 is 27.9 Å². The zero-order valence-electron chi connectivity index (χ0n) is 10.7. The van der Waals surface area contributed by atoms with Gasteiger partial charge in [-0.2, -0.15) is 0 Å². The van der Waals surface area contributed by atoms with E-state index < -0.39 is 0 Å². The molecule has 0 amide bonds. The Labute approximate surface area is 124 Å². The average Bonchev–Trinajstić information content (AvgIpc) is 2.80. The highest BCUT2D eigenvalue weighted by atomic mass is 35.5. The lowest BCUT2D eigenvalue weighted by molar-refractivity contribution is 0.301. The van der Waals surface area contributed by atoms with Crippen LogP contribution in [0.3, 0.4) is 0 Å². The van der Waals surface area contributed by atoms with Crippen LogP contribution in [0.25, 0.3) is 4.96 Å². The Balaban J connectivity index is 1.89. The van der Waals surface area contributed by atoms with Crippen LogP contribution in [0.4, 0.5) is 0 Å². The van der Waals surface area contributed by atoms with Crippen molar-refractivity contribution in [2.75, 3.05) is 0 Å². The Morgan fingerprint density at radius 1 is 1.40 bits per heavy atom. The molecule has 2 heterocycles. The normalized spacial score (nSPS) is 10.9. The van der Waals surface area contributed by atoms with Crippen LogP contribution in [0.2, 0.25) is 5.02 Å². The third kappa shape index (κ3) is 2.42. The smallest absolute Gasteiger partial charge is 0.259 e. The molecule has 3 aromatic rings. The number of ether oxygens (including phenoxy) is 1. The second-order valence-corrected chi connectivity index (χ2v) is 5.54. The SMILES string of the molecule is Cc1csc2nc(COc3ccccc3Cl)cc(=O)n12. The number of thiazole rings is 1. The molecule has 0 aliphatic carbocycles. The van der Waals surface area contributed by atoms with Crippen molar-refractivity contribution < 1.29 is 4.74 Å². The largest absolute Gasteiger partial charge is 0.486 e. The highest BCUT2D eigenvalue weighted by Gasteiger charge is 2.07. The molecular weight excluding hydrogens is 296 g/mol. The van der Waals surface area contributed by atoms with E-state index in [0.717, 1.165) is 5.69 Å². The fourth-order valence-corrected chi connectivity index (χ4v) is 2.97. The van der Waals surface area contributed by atoms with Gasteiger partial charge in [0.05, 0.1) is 10.7 Å². The lowest BCUT2D eigenvalue weighted by Gasteiger charge is -2.07. The van der Waals surface area contributed by atoms with Crippen molar-refractivity contribution in [1.82, 2.24) is 9.38 Å². The molecule has 2 aromatic heterocycles. The molecule has 0 aliphatic rings. The zero-order valence-corrected chi connectivity index (χ0v) is 12.2. The summed E-state index contributed by atoms with van der Waals surface area (Å²) in [5.74, 6) is 0.582. The van der Waals surface area contributed by atoms with Gasteiger partial charge in [-0.15, -0.1) is 11.3 Å². The Morgan fingerprint density at radius 2 is 2.20 bits per heavy atom. The van der Waals surface area contributed by atoms with E-state index in [9.17, 15) is 4.79 Å². The van der Waals surface area contributed by atoms with Crippen molar-refractivity contribution in [3.05, 3.63) is 62.5 Å². The van der Waals surface area contributed by atoms with Crippen LogP contribution in [0.1, 0.15) is 11.4 Å². The van der Waals surface area contributed by atoms with Crippen molar-refractivity contribution in [3.63, 3.8) is 0 Å². The monoisotopic (exact) mass is 306 g/mol. The molecule has 0 saturated carbocycles. The molecule has 0 unspecified atom stereocenters. The number of para-hydroxylation sites is 1. The van der Waals surface area contributed by atoms with Gasteiger partial charge >= 0.3 is 0 Å². The molecule has 0 bridgehead atoms. The molecule has 0 aliphatic heterocycles. The van der Waals surface area contributed by atoms with Gasteiger partial charge in [0, 0.05) is 17.1 Å². The molecule has 1 aromatic carbocycles. The first kappa shape index (κ1) is 13.1.